The van der Waals surface area contributed by atoms with Gasteiger partial charge in [-0.2, -0.15) is 0 Å². The lowest BCUT2D eigenvalue weighted by atomic mass is 10.1. The highest BCUT2D eigenvalue weighted by atomic mass is 16.4. The van der Waals surface area contributed by atoms with Crippen LogP contribution < -0.4 is 5.73 Å². The van der Waals surface area contributed by atoms with Crippen LogP contribution in [0.4, 0.5) is 0 Å². The topological polar surface area (TPSA) is 124 Å². The highest BCUT2D eigenvalue weighted by Crippen LogP contribution is 2.08. The van der Waals surface area contributed by atoms with Crippen molar-refractivity contribution in [1.82, 2.24) is 0 Å². The molecule has 0 aliphatic carbocycles. The van der Waals surface area contributed by atoms with Crippen molar-refractivity contribution < 1.29 is 25.2 Å². The van der Waals surface area contributed by atoms with Crippen LogP contribution in [-0.2, 0) is 4.79 Å². The van der Waals surface area contributed by atoms with Gasteiger partial charge in [-0.3, -0.25) is 4.79 Å². The van der Waals surface area contributed by atoms with Gasteiger partial charge in [0.1, 0.15) is 0 Å². The Balaban J connectivity index is 0. The molecular weight excluding hydrogens is 358 g/mol. The smallest absolute Gasteiger partial charge is 0.303 e. The second-order valence-corrected chi connectivity index (χ2v) is 7.21. The van der Waals surface area contributed by atoms with Crippen LogP contribution in [0.3, 0.4) is 0 Å². The Labute approximate surface area is 171 Å². The maximum atomic E-state index is 10.3. The summed E-state index contributed by atoms with van der Waals surface area (Å²) in [5, 5.41) is 33.5. The monoisotopic (exact) mass is 401 g/mol. The molecule has 6 N–H and O–H groups in total. The first kappa shape index (κ1) is 29.0. The van der Waals surface area contributed by atoms with Gasteiger partial charge < -0.3 is 26.2 Å². The minimum Gasteiger partial charge on any atom is -0.481 e. The zero-order valence-electron chi connectivity index (χ0n) is 17.7. The largest absolute Gasteiger partial charge is 0.481 e. The third-order valence-electron chi connectivity index (χ3n) is 4.29. The zero-order valence-corrected chi connectivity index (χ0v) is 17.7. The molecule has 28 heavy (non-hydrogen) atoms. The molecule has 6 nitrogen and oxygen atoms in total. The van der Waals surface area contributed by atoms with Gasteiger partial charge in [0.15, 0.2) is 0 Å². The molecule has 0 saturated carbocycles. The predicted octanol–water partition coefficient (Wildman–Crippen LogP) is 3.55. The molecule has 0 atom stereocenters. The van der Waals surface area contributed by atoms with Crippen LogP contribution in [0.15, 0.2) is 24.3 Å². The molecule has 0 radical (unpaired) electrons. The first-order valence-electron chi connectivity index (χ1n) is 10.6. The fraction of sp³-hybridized carbons (Fsp3) is 0.773. The van der Waals surface area contributed by atoms with Crippen LogP contribution in [-0.4, -0.2) is 51.8 Å². The van der Waals surface area contributed by atoms with Crippen molar-refractivity contribution in [2.24, 2.45) is 5.73 Å². The summed E-state index contributed by atoms with van der Waals surface area (Å²) < 4.78 is 0. The Hall–Kier alpha value is -1.21. The quantitative estimate of drug-likeness (QED) is 0.188. The fourth-order valence-corrected chi connectivity index (χ4v) is 2.24. The number of hydrogen-bond acceptors (Lipinski definition) is 5. The molecule has 0 saturated heterocycles. The van der Waals surface area contributed by atoms with E-state index in [1.54, 1.807) is 0 Å². The first-order valence-corrected chi connectivity index (χ1v) is 10.6. The molecule has 0 heterocycles. The minimum absolute atomic E-state index is 0.324. The van der Waals surface area contributed by atoms with Crippen molar-refractivity contribution in [2.45, 2.75) is 89.5 Å². The van der Waals surface area contributed by atoms with Crippen LogP contribution in [0.5, 0.6) is 0 Å². The van der Waals surface area contributed by atoms with E-state index in [9.17, 15) is 4.79 Å². The maximum absolute atomic E-state index is 10.3. The second-order valence-electron chi connectivity index (χ2n) is 7.21. The maximum Gasteiger partial charge on any atom is 0.303 e. The molecule has 0 unspecified atom stereocenters. The average Bonchev–Trinajstić information content (AvgIpc) is 2.70. The molecule has 0 aromatic carbocycles. The van der Waals surface area contributed by atoms with Gasteiger partial charge in [0.2, 0.25) is 0 Å². The fourth-order valence-electron chi connectivity index (χ4n) is 2.24. The zero-order chi connectivity index (χ0) is 21.5. The number of hydrogen-bond donors (Lipinski definition) is 5. The van der Waals surface area contributed by atoms with Gasteiger partial charge in [-0.1, -0.05) is 63.3 Å². The number of carboxylic acids is 1. The molecular formula is C22H43NO5. The lowest BCUT2D eigenvalue weighted by molar-refractivity contribution is -0.137. The van der Waals surface area contributed by atoms with Gasteiger partial charge >= 0.3 is 5.97 Å². The van der Waals surface area contributed by atoms with Crippen molar-refractivity contribution >= 4 is 5.97 Å². The highest BCUT2D eigenvalue weighted by Gasteiger charge is 2.20. The SMILES string of the molecule is CCCCC/C=C\C/C=C\CCCCCCCC(=O)O.NC(CO)(CO)CO. The number of unbranched alkanes of at least 4 members (excludes halogenated alkanes) is 8. The van der Waals surface area contributed by atoms with Crippen molar-refractivity contribution in [1.29, 1.82) is 0 Å². The van der Waals surface area contributed by atoms with E-state index in [0.29, 0.717) is 6.42 Å². The minimum atomic E-state index is -1.21. The van der Waals surface area contributed by atoms with E-state index in [1.165, 1.54) is 44.9 Å². The van der Waals surface area contributed by atoms with E-state index in [1.807, 2.05) is 0 Å². The number of allylic oxidation sites excluding steroid dienone is 4. The van der Waals surface area contributed by atoms with E-state index in [0.717, 1.165) is 25.7 Å². The molecule has 0 aromatic heterocycles. The van der Waals surface area contributed by atoms with Gasteiger partial charge in [-0.15, -0.1) is 0 Å². The Morgan fingerprint density at radius 1 is 0.786 bits per heavy atom. The van der Waals surface area contributed by atoms with Crippen molar-refractivity contribution in [3.8, 4) is 0 Å². The van der Waals surface area contributed by atoms with Crippen molar-refractivity contribution in [3.63, 3.8) is 0 Å². The number of rotatable bonds is 17. The number of aliphatic hydroxyl groups excluding tert-OH is 3. The Bertz CT molecular complexity index is 384. The summed E-state index contributed by atoms with van der Waals surface area (Å²) in [5.74, 6) is -0.671. The lowest BCUT2D eigenvalue weighted by Gasteiger charge is -2.20. The third kappa shape index (κ3) is 22.8. The summed E-state index contributed by atoms with van der Waals surface area (Å²) >= 11 is 0. The Morgan fingerprint density at radius 3 is 1.68 bits per heavy atom. The second kappa shape index (κ2) is 22.1. The molecule has 0 spiro atoms. The molecule has 0 amide bonds. The molecule has 6 heteroatoms. The van der Waals surface area contributed by atoms with Crippen LogP contribution >= 0.6 is 0 Å². The van der Waals surface area contributed by atoms with Crippen molar-refractivity contribution in [2.75, 3.05) is 19.8 Å². The summed E-state index contributed by atoms with van der Waals surface area (Å²) in [6.07, 6.45) is 22.3. The van der Waals surface area contributed by atoms with E-state index >= 15 is 0 Å². The molecule has 0 aliphatic rings. The van der Waals surface area contributed by atoms with Gasteiger partial charge in [0.25, 0.3) is 0 Å². The van der Waals surface area contributed by atoms with Crippen LogP contribution in [0, 0.1) is 0 Å². The summed E-state index contributed by atoms with van der Waals surface area (Å²) in [4.78, 5) is 10.3. The van der Waals surface area contributed by atoms with E-state index in [2.05, 4.69) is 31.2 Å². The Kier molecular flexibility index (Phi) is 22.9. The van der Waals surface area contributed by atoms with Gasteiger partial charge in [-0.25, -0.2) is 0 Å². The summed E-state index contributed by atoms with van der Waals surface area (Å²) in [6, 6.07) is 0. The highest BCUT2D eigenvalue weighted by molar-refractivity contribution is 5.66. The van der Waals surface area contributed by atoms with E-state index < -0.39 is 31.3 Å². The first-order chi connectivity index (χ1) is 13.5. The van der Waals surface area contributed by atoms with Gasteiger partial charge in [-0.05, 0) is 38.5 Å². The predicted molar refractivity (Wildman–Crippen MR) is 115 cm³/mol. The van der Waals surface area contributed by atoms with Crippen LogP contribution in [0.25, 0.3) is 0 Å². The standard InChI is InChI=1S/C18H32O2.C4H11NO3/c1-2-3-4-5-6-7-8-9-10-11-12-13-14-15-16-17-18(19)20;5-4(1-6,2-7)3-8/h6-7,9-10H,2-5,8,11-17H2,1H3,(H,19,20);6-8H,1-3,5H2/b7-6-,10-9-;. The third-order valence-corrected chi connectivity index (χ3v) is 4.29. The number of aliphatic carboxylic acids is 1. The normalized spacial score (nSPS) is 11.8. The van der Waals surface area contributed by atoms with E-state index in [-0.39, 0.29) is 0 Å². The molecule has 0 rings (SSSR count). The van der Waals surface area contributed by atoms with Gasteiger partial charge in [0, 0.05) is 6.42 Å². The number of aliphatic hydroxyl groups is 3. The lowest BCUT2D eigenvalue weighted by Crippen LogP contribution is -2.50. The molecule has 0 fully saturated rings. The van der Waals surface area contributed by atoms with Crippen LogP contribution in [0.1, 0.15) is 84.0 Å². The average molecular weight is 402 g/mol. The summed E-state index contributed by atoms with van der Waals surface area (Å²) in [5.41, 5.74) is 3.94. The molecule has 0 bridgehead atoms. The van der Waals surface area contributed by atoms with Gasteiger partial charge in [0.05, 0.1) is 25.4 Å². The molecule has 0 aromatic rings. The summed E-state index contributed by atoms with van der Waals surface area (Å²) in [6.45, 7) is 1.03. The van der Waals surface area contributed by atoms with Crippen LogP contribution in [0.2, 0.25) is 0 Å². The number of carboxylic acid groups (broad SMARTS) is 1. The molecule has 166 valence electrons. The summed E-state index contributed by atoms with van der Waals surface area (Å²) in [7, 11) is 0. The van der Waals surface area contributed by atoms with E-state index in [4.69, 9.17) is 26.2 Å². The Morgan fingerprint density at radius 2 is 1.25 bits per heavy atom. The van der Waals surface area contributed by atoms with Crippen molar-refractivity contribution in [3.05, 3.63) is 24.3 Å². The molecule has 0 aliphatic heterocycles. The number of nitrogens with two attached hydrogens (primary N) is 1. The number of carbonyl (C=O) groups is 1.